The van der Waals surface area contributed by atoms with Gasteiger partial charge in [0.25, 0.3) is 0 Å². The van der Waals surface area contributed by atoms with E-state index < -0.39 is 9.84 Å². The molecule has 146 valence electrons. The molecule has 0 aliphatic rings. The number of aromatic nitrogens is 3. The van der Waals surface area contributed by atoms with Crippen LogP contribution in [0.1, 0.15) is 0 Å². The van der Waals surface area contributed by atoms with Gasteiger partial charge in [0.1, 0.15) is 5.69 Å². The summed E-state index contributed by atoms with van der Waals surface area (Å²) >= 11 is 9.33. The van der Waals surface area contributed by atoms with Gasteiger partial charge in [-0.05, 0) is 54.6 Å². The summed E-state index contributed by atoms with van der Waals surface area (Å²) in [5.74, 6) is 0. The molecule has 4 aromatic rings. The first-order chi connectivity index (χ1) is 13.9. The van der Waals surface area contributed by atoms with Gasteiger partial charge in [0.05, 0.1) is 10.6 Å². The molecule has 3 aromatic carbocycles. The van der Waals surface area contributed by atoms with E-state index in [1.165, 1.54) is 16.8 Å². The fraction of sp³-hybridized carbons (Fsp3) is 0. The largest absolute Gasteiger partial charge is 0.399 e. The number of sulfone groups is 1. The molecule has 2 N–H and O–H groups in total. The van der Waals surface area contributed by atoms with Gasteiger partial charge >= 0.3 is 0 Å². The summed E-state index contributed by atoms with van der Waals surface area (Å²) in [5.41, 5.74) is 7.95. The maximum absolute atomic E-state index is 13.4. The molecule has 9 heteroatoms. The second-order valence-corrected chi connectivity index (χ2v) is 9.43. The zero-order chi connectivity index (χ0) is 20.6. The lowest BCUT2D eigenvalue weighted by molar-refractivity contribution is 0.592. The first kappa shape index (κ1) is 19.6. The van der Waals surface area contributed by atoms with E-state index in [0.29, 0.717) is 32.1 Å². The molecule has 0 amide bonds. The number of nitrogens with two attached hydrogens (primary N) is 1. The summed E-state index contributed by atoms with van der Waals surface area (Å²) in [6.07, 6.45) is 0. The van der Waals surface area contributed by atoms with E-state index in [9.17, 15) is 8.42 Å². The minimum atomic E-state index is -3.93. The van der Waals surface area contributed by atoms with Gasteiger partial charge < -0.3 is 5.73 Å². The summed E-state index contributed by atoms with van der Waals surface area (Å²) < 4.78 is 28.9. The van der Waals surface area contributed by atoms with Gasteiger partial charge in [-0.2, -0.15) is 0 Å². The third-order valence-electron chi connectivity index (χ3n) is 4.26. The number of hydrogen-bond acceptors (Lipinski definition) is 5. The van der Waals surface area contributed by atoms with Crippen molar-refractivity contribution in [1.82, 2.24) is 15.0 Å². The summed E-state index contributed by atoms with van der Waals surface area (Å²) in [5, 5.41) is 8.56. The van der Waals surface area contributed by atoms with E-state index in [0.717, 1.165) is 0 Å². The average molecular weight is 490 g/mol. The highest BCUT2D eigenvalue weighted by Crippen LogP contribution is 2.33. The normalized spacial score (nSPS) is 11.5. The number of halogens is 2. The van der Waals surface area contributed by atoms with Crippen molar-refractivity contribution in [2.75, 3.05) is 5.73 Å². The topological polar surface area (TPSA) is 90.9 Å². The molecular formula is C20H14BrClN4O2S. The first-order valence-corrected chi connectivity index (χ1v) is 11.1. The van der Waals surface area contributed by atoms with Crippen molar-refractivity contribution >= 4 is 43.1 Å². The van der Waals surface area contributed by atoms with Crippen LogP contribution in [0.2, 0.25) is 5.02 Å². The Balaban J connectivity index is 1.97. The van der Waals surface area contributed by atoms with Crippen LogP contribution < -0.4 is 5.73 Å². The highest BCUT2D eigenvalue weighted by molar-refractivity contribution is 9.10. The molecule has 0 bridgehead atoms. The van der Waals surface area contributed by atoms with Crippen molar-refractivity contribution in [1.29, 1.82) is 0 Å². The summed E-state index contributed by atoms with van der Waals surface area (Å²) in [4.78, 5) is 0.117. The quantitative estimate of drug-likeness (QED) is 0.417. The summed E-state index contributed by atoms with van der Waals surface area (Å²) in [6.45, 7) is 0. The van der Waals surface area contributed by atoms with Crippen LogP contribution in [0.25, 0.3) is 16.9 Å². The van der Waals surface area contributed by atoms with Crippen molar-refractivity contribution < 1.29 is 8.42 Å². The number of rotatable bonds is 4. The highest BCUT2D eigenvalue weighted by atomic mass is 79.9. The summed E-state index contributed by atoms with van der Waals surface area (Å²) in [7, 11) is -3.93. The monoisotopic (exact) mass is 488 g/mol. The molecule has 0 atom stereocenters. The molecule has 0 aliphatic heterocycles. The molecule has 1 heterocycles. The van der Waals surface area contributed by atoms with Gasteiger partial charge in [-0.1, -0.05) is 50.9 Å². The SMILES string of the molecule is Nc1ccc(-n2nnc(S(=O)(=O)c3cccc(Br)c3)c2-c2ccc(Cl)cc2)cc1. The molecule has 0 fully saturated rings. The van der Waals surface area contributed by atoms with Crippen LogP contribution in [0.4, 0.5) is 5.69 Å². The molecule has 0 radical (unpaired) electrons. The molecular weight excluding hydrogens is 476 g/mol. The molecule has 4 rings (SSSR count). The highest BCUT2D eigenvalue weighted by Gasteiger charge is 2.29. The zero-order valence-electron chi connectivity index (χ0n) is 14.8. The molecule has 0 saturated carbocycles. The number of anilines is 1. The second-order valence-electron chi connectivity index (χ2n) is 6.21. The lowest BCUT2D eigenvalue weighted by atomic mass is 10.1. The van der Waals surface area contributed by atoms with E-state index in [1.54, 1.807) is 60.7 Å². The third-order valence-corrected chi connectivity index (χ3v) is 6.66. The Bertz CT molecular complexity index is 1290. The first-order valence-electron chi connectivity index (χ1n) is 8.44. The lowest BCUT2D eigenvalue weighted by Crippen LogP contribution is -2.06. The average Bonchev–Trinajstić information content (AvgIpc) is 3.15. The minimum absolute atomic E-state index is 0.117. The van der Waals surface area contributed by atoms with Gasteiger partial charge in [-0.3, -0.25) is 0 Å². The Labute approximate surface area is 181 Å². The van der Waals surface area contributed by atoms with Crippen LogP contribution in [0, 0.1) is 0 Å². The number of hydrogen-bond donors (Lipinski definition) is 1. The van der Waals surface area contributed by atoms with Crippen LogP contribution in [0.5, 0.6) is 0 Å². The molecule has 0 aliphatic carbocycles. The maximum Gasteiger partial charge on any atom is 0.228 e. The van der Waals surface area contributed by atoms with Gasteiger partial charge in [0.15, 0.2) is 0 Å². The Kier molecular flexibility index (Phi) is 5.16. The molecule has 6 nitrogen and oxygen atoms in total. The van der Waals surface area contributed by atoms with E-state index in [2.05, 4.69) is 26.2 Å². The van der Waals surface area contributed by atoms with Crippen molar-refractivity contribution in [3.05, 3.63) is 82.3 Å². The van der Waals surface area contributed by atoms with Crippen LogP contribution in [-0.2, 0) is 9.84 Å². The van der Waals surface area contributed by atoms with Crippen LogP contribution in [0.15, 0.2) is 87.2 Å². The van der Waals surface area contributed by atoms with Crippen molar-refractivity contribution in [2.24, 2.45) is 0 Å². The maximum atomic E-state index is 13.4. The van der Waals surface area contributed by atoms with Gasteiger partial charge in [0.2, 0.25) is 14.9 Å². The molecule has 0 saturated heterocycles. The van der Waals surface area contributed by atoms with Crippen molar-refractivity contribution in [3.63, 3.8) is 0 Å². The van der Waals surface area contributed by atoms with E-state index in [-0.39, 0.29) is 9.92 Å². The second kappa shape index (κ2) is 7.62. The zero-order valence-corrected chi connectivity index (χ0v) is 18.0. The predicted molar refractivity (Wildman–Crippen MR) is 116 cm³/mol. The predicted octanol–water partition coefficient (Wildman–Crippen LogP) is 4.77. The van der Waals surface area contributed by atoms with E-state index in [1.807, 2.05) is 0 Å². The van der Waals surface area contributed by atoms with Gasteiger partial charge in [-0.15, -0.1) is 5.10 Å². The van der Waals surface area contributed by atoms with E-state index >= 15 is 0 Å². The number of benzene rings is 3. The number of nitrogen functional groups attached to an aromatic ring is 1. The molecule has 0 spiro atoms. The van der Waals surface area contributed by atoms with Crippen LogP contribution >= 0.6 is 27.5 Å². The molecule has 0 unspecified atom stereocenters. The Morgan fingerprint density at radius 2 is 1.66 bits per heavy atom. The van der Waals surface area contributed by atoms with Crippen LogP contribution in [-0.4, -0.2) is 23.4 Å². The number of nitrogens with zero attached hydrogens (tertiary/aromatic N) is 3. The van der Waals surface area contributed by atoms with Crippen LogP contribution in [0.3, 0.4) is 0 Å². The Hall–Kier alpha value is -2.68. The van der Waals surface area contributed by atoms with Gasteiger partial charge in [-0.25, -0.2) is 13.1 Å². The Morgan fingerprint density at radius 1 is 0.966 bits per heavy atom. The fourth-order valence-corrected chi connectivity index (χ4v) is 4.89. The fourth-order valence-electron chi connectivity index (χ4n) is 2.84. The minimum Gasteiger partial charge on any atom is -0.399 e. The van der Waals surface area contributed by atoms with Crippen molar-refractivity contribution in [3.8, 4) is 16.9 Å². The summed E-state index contributed by atoms with van der Waals surface area (Å²) in [6, 6.07) is 20.2. The van der Waals surface area contributed by atoms with Gasteiger partial charge in [0, 0.05) is 20.7 Å². The smallest absolute Gasteiger partial charge is 0.228 e. The Morgan fingerprint density at radius 3 is 2.31 bits per heavy atom. The molecule has 29 heavy (non-hydrogen) atoms. The van der Waals surface area contributed by atoms with Crippen molar-refractivity contribution in [2.45, 2.75) is 9.92 Å². The lowest BCUT2D eigenvalue weighted by Gasteiger charge is -2.10. The standard InChI is InChI=1S/C20H14BrClN4O2S/c21-14-2-1-3-18(12-14)29(27,28)20-19(13-4-6-15(22)7-5-13)26(25-24-20)17-10-8-16(23)9-11-17/h1-12H,23H2. The third kappa shape index (κ3) is 3.78. The van der Waals surface area contributed by atoms with E-state index in [4.69, 9.17) is 17.3 Å². The molecule has 1 aromatic heterocycles.